The Balaban J connectivity index is 2.40. The Morgan fingerprint density at radius 3 is 2.58 bits per heavy atom. The molecule has 2 rings (SSSR count). The van der Waals surface area contributed by atoms with E-state index in [4.69, 9.17) is 4.74 Å². The van der Waals surface area contributed by atoms with Crippen LogP contribution in [0.25, 0.3) is 11.4 Å². The van der Waals surface area contributed by atoms with Gasteiger partial charge in [0.1, 0.15) is 5.82 Å². The van der Waals surface area contributed by atoms with Gasteiger partial charge >= 0.3 is 0 Å². The summed E-state index contributed by atoms with van der Waals surface area (Å²) in [5.74, 6) is 1.53. The van der Waals surface area contributed by atoms with Crippen molar-refractivity contribution in [2.75, 3.05) is 19.0 Å². The van der Waals surface area contributed by atoms with Gasteiger partial charge < -0.3 is 10.1 Å². The summed E-state index contributed by atoms with van der Waals surface area (Å²) in [6.07, 6.45) is 0. The van der Waals surface area contributed by atoms with Gasteiger partial charge in [0.15, 0.2) is 5.82 Å². The topological polar surface area (TPSA) is 47.0 Å². The van der Waals surface area contributed by atoms with Gasteiger partial charge in [-0.15, -0.1) is 0 Å². The van der Waals surface area contributed by atoms with Crippen LogP contribution in [0.5, 0.6) is 0 Å². The van der Waals surface area contributed by atoms with Crippen molar-refractivity contribution in [2.24, 2.45) is 0 Å². The van der Waals surface area contributed by atoms with Crippen LogP contribution in [-0.4, -0.2) is 23.6 Å². The highest BCUT2D eigenvalue weighted by atomic mass is 79.9. The molecule has 0 aliphatic heterocycles. The zero-order valence-corrected chi connectivity index (χ0v) is 12.6. The number of rotatable bonds is 5. The minimum absolute atomic E-state index is 0.477. The molecule has 1 aromatic carbocycles. The number of nitrogens with zero attached hydrogens (tertiary/aromatic N) is 2. The molecular weight excluding hydrogens is 306 g/mol. The van der Waals surface area contributed by atoms with Crippen LogP contribution >= 0.6 is 15.9 Å². The van der Waals surface area contributed by atoms with E-state index >= 15 is 0 Å². The Morgan fingerprint density at radius 2 is 1.95 bits per heavy atom. The minimum Gasteiger partial charge on any atom is -0.378 e. The lowest BCUT2D eigenvalue weighted by Crippen LogP contribution is -2.04. The van der Waals surface area contributed by atoms with Crippen molar-refractivity contribution in [3.8, 4) is 11.4 Å². The van der Waals surface area contributed by atoms with Gasteiger partial charge in [0.25, 0.3) is 0 Å². The van der Waals surface area contributed by atoms with Crippen LogP contribution < -0.4 is 5.32 Å². The van der Waals surface area contributed by atoms with Crippen LogP contribution in [0.15, 0.2) is 34.8 Å². The zero-order chi connectivity index (χ0) is 13.7. The highest BCUT2D eigenvalue weighted by Gasteiger charge is 2.06. The fraction of sp³-hybridized carbons (Fsp3) is 0.286. The fourth-order valence-corrected chi connectivity index (χ4v) is 1.98. The number of aromatic nitrogens is 2. The standard InChI is InChI=1S/C14H16BrN3O/c1-3-16-13-8-12(9-19-2)17-14(18-13)10-4-6-11(15)7-5-10/h4-8H,3,9H2,1-2H3,(H,16,17,18). The zero-order valence-electron chi connectivity index (χ0n) is 11.0. The lowest BCUT2D eigenvalue weighted by atomic mass is 10.2. The van der Waals surface area contributed by atoms with Crippen molar-refractivity contribution in [3.05, 3.63) is 40.5 Å². The summed E-state index contributed by atoms with van der Waals surface area (Å²) in [6.45, 7) is 3.34. The first-order valence-corrected chi connectivity index (χ1v) is 6.89. The second kappa shape index (κ2) is 6.63. The predicted octanol–water partition coefficient (Wildman–Crippen LogP) is 3.48. The maximum atomic E-state index is 5.15. The van der Waals surface area contributed by atoms with Crippen LogP contribution in [0, 0.1) is 0 Å². The van der Waals surface area contributed by atoms with E-state index in [1.807, 2.05) is 37.3 Å². The summed E-state index contributed by atoms with van der Waals surface area (Å²) < 4.78 is 6.18. The molecule has 19 heavy (non-hydrogen) atoms. The molecule has 1 N–H and O–H groups in total. The van der Waals surface area contributed by atoms with Crippen molar-refractivity contribution in [1.82, 2.24) is 9.97 Å². The molecule has 4 nitrogen and oxygen atoms in total. The maximum absolute atomic E-state index is 5.15. The van der Waals surface area contributed by atoms with Crippen molar-refractivity contribution >= 4 is 21.7 Å². The normalized spacial score (nSPS) is 10.5. The number of hydrogen-bond donors (Lipinski definition) is 1. The highest BCUT2D eigenvalue weighted by molar-refractivity contribution is 9.10. The summed E-state index contributed by atoms with van der Waals surface area (Å²) in [6, 6.07) is 9.86. The molecule has 0 fully saturated rings. The van der Waals surface area contributed by atoms with E-state index in [-0.39, 0.29) is 0 Å². The van der Waals surface area contributed by atoms with Crippen LogP contribution in [0.2, 0.25) is 0 Å². The van der Waals surface area contributed by atoms with Gasteiger partial charge in [0.2, 0.25) is 0 Å². The number of hydrogen-bond acceptors (Lipinski definition) is 4. The average Bonchev–Trinajstić information content (AvgIpc) is 2.40. The summed E-state index contributed by atoms with van der Waals surface area (Å²) >= 11 is 3.42. The molecule has 0 atom stereocenters. The molecule has 0 amide bonds. The number of halogens is 1. The Hall–Kier alpha value is -1.46. The van der Waals surface area contributed by atoms with E-state index in [9.17, 15) is 0 Å². The second-order valence-corrected chi connectivity index (χ2v) is 4.95. The van der Waals surface area contributed by atoms with E-state index < -0.39 is 0 Å². The number of anilines is 1. The third-order valence-electron chi connectivity index (χ3n) is 2.53. The van der Waals surface area contributed by atoms with Gasteiger partial charge in [-0.3, -0.25) is 0 Å². The lowest BCUT2D eigenvalue weighted by Gasteiger charge is -2.08. The minimum atomic E-state index is 0.477. The fourth-order valence-electron chi connectivity index (χ4n) is 1.72. The first-order valence-electron chi connectivity index (χ1n) is 6.09. The van der Waals surface area contributed by atoms with Gasteiger partial charge in [-0.25, -0.2) is 9.97 Å². The van der Waals surface area contributed by atoms with E-state index in [0.29, 0.717) is 12.4 Å². The van der Waals surface area contributed by atoms with Gasteiger partial charge in [-0.05, 0) is 19.1 Å². The molecule has 5 heteroatoms. The molecule has 0 saturated heterocycles. The lowest BCUT2D eigenvalue weighted by molar-refractivity contribution is 0.181. The predicted molar refractivity (Wildman–Crippen MR) is 80.0 cm³/mol. The quantitative estimate of drug-likeness (QED) is 0.915. The number of benzene rings is 1. The largest absolute Gasteiger partial charge is 0.378 e. The first kappa shape index (κ1) is 14.0. The Bertz CT molecular complexity index is 519. The molecule has 1 aromatic heterocycles. The summed E-state index contributed by atoms with van der Waals surface area (Å²) in [5.41, 5.74) is 1.85. The molecule has 0 unspecified atom stereocenters. The van der Waals surface area contributed by atoms with Crippen molar-refractivity contribution < 1.29 is 4.74 Å². The third kappa shape index (κ3) is 3.75. The average molecular weight is 322 g/mol. The van der Waals surface area contributed by atoms with Crippen LogP contribution in [0.1, 0.15) is 12.6 Å². The Labute approximate surface area is 121 Å². The highest BCUT2D eigenvalue weighted by Crippen LogP contribution is 2.20. The Kier molecular flexibility index (Phi) is 4.87. The number of nitrogens with one attached hydrogen (secondary N) is 1. The molecule has 0 aliphatic rings. The first-order chi connectivity index (χ1) is 9.22. The van der Waals surface area contributed by atoms with E-state index in [1.54, 1.807) is 7.11 Å². The molecule has 0 bridgehead atoms. The molecule has 0 aliphatic carbocycles. The SMILES string of the molecule is CCNc1cc(COC)nc(-c2ccc(Br)cc2)n1. The molecule has 0 radical (unpaired) electrons. The van der Waals surface area contributed by atoms with Crippen molar-refractivity contribution in [3.63, 3.8) is 0 Å². The molecule has 2 aromatic rings. The van der Waals surface area contributed by atoms with Crippen molar-refractivity contribution in [1.29, 1.82) is 0 Å². The van der Waals surface area contributed by atoms with Crippen LogP contribution in [0.3, 0.4) is 0 Å². The molecule has 0 saturated carbocycles. The molecule has 1 heterocycles. The van der Waals surface area contributed by atoms with E-state index in [1.165, 1.54) is 0 Å². The second-order valence-electron chi connectivity index (χ2n) is 4.04. The van der Waals surface area contributed by atoms with Gasteiger partial charge in [0.05, 0.1) is 12.3 Å². The summed E-state index contributed by atoms with van der Waals surface area (Å²) in [4.78, 5) is 9.03. The molecule has 0 spiro atoms. The van der Waals surface area contributed by atoms with Crippen LogP contribution in [-0.2, 0) is 11.3 Å². The van der Waals surface area contributed by atoms with Crippen LogP contribution in [0.4, 0.5) is 5.82 Å². The maximum Gasteiger partial charge on any atom is 0.161 e. The van der Waals surface area contributed by atoms with E-state index in [0.717, 1.165) is 28.1 Å². The Morgan fingerprint density at radius 1 is 1.21 bits per heavy atom. The smallest absolute Gasteiger partial charge is 0.161 e. The summed E-state index contributed by atoms with van der Waals surface area (Å²) in [7, 11) is 1.66. The van der Waals surface area contributed by atoms with Gasteiger partial charge in [-0.1, -0.05) is 28.1 Å². The molecular formula is C14H16BrN3O. The monoisotopic (exact) mass is 321 g/mol. The summed E-state index contributed by atoms with van der Waals surface area (Å²) in [5, 5.41) is 3.21. The molecule has 100 valence electrons. The number of methoxy groups -OCH3 is 1. The number of ether oxygens (including phenoxy) is 1. The van der Waals surface area contributed by atoms with E-state index in [2.05, 4.69) is 31.2 Å². The van der Waals surface area contributed by atoms with Crippen molar-refractivity contribution in [2.45, 2.75) is 13.5 Å². The van der Waals surface area contributed by atoms with Gasteiger partial charge in [-0.2, -0.15) is 0 Å². The third-order valence-corrected chi connectivity index (χ3v) is 3.06. The van der Waals surface area contributed by atoms with Gasteiger partial charge in [0, 0.05) is 29.8 Å².